The molecule has 3 amide bonds. The predicted molar refractivity (Wildman–Crippen MR) is 88.0 cm³/mol. The van der Waals surface area contributed by atoms with Gasteiger partial charge < -0.3 is 40.0 Å². The van der Waals surface area contributed by atoms with Crippen molar-refractivity contribution in [1.29, 1.82) is 0 Å². The van der Waals surface area contributed by atoms with E-state index in [9.17, 15) is 34.5 Å². The van der Waals surface area contributed by atoms with E-state index in [1.165, 1.54) is 29.2 Å². The van der Waals surface area contributed by atoms with Crippen LogP contribution in [-0.2, 0) is 14.4 Å². The Morgan fingerprint density at radius 2 is 1.77 bits per heavy atom. The number of amides is 3. The molecule has 146 valence electrons. The van der Waals surface area contributed by atoms with Crippen LogP contribution in [0.1, 0.15) is 12.8 Å². The number of urea groups is 1. The van der Waals surface area contributed by atoms with Crippen molar-refractivity contribution in [2.45, 2.75) is 24.9 Å². The number of anilines is 1. The molecule has 30 heavy (non-hydrogen) atoms. The zero-order valence-corrected chi connectivity index (χ0v) is 20.5. The number of rotatable bonds is 4. The molecule has 2 N–H and O–H groups in total. The van der Waals surface area contributed by atoms with Gasteiger partial charge in [-0.3, -0.25) is 4.79 Å². The molecule has 12 heteroatoms. The van der Waals surface area contributed by atoms with Crippen LogP contribution in [-0.4, -0.2) is 57.4 Å². The fraction of sp³-hybridized carbons (Fsp3) is 0.333. The van der Waals surface area contributed by atoms with Crippen LogP contribution in [0, 0.1) is 5.92 Å². The van der Waals surface area contributed by atoms with Crippen molar-refractivity contribution in [2.24, 2.45) is 5.92 Å². The number of aliphatic carboxylic acids is 2. The summed E-state index contributed by atoms with van der Waals surface area (Å²) in [5, 5.41) is 34.5. The van der Waals surface area contributed by atoms with Crippen molar-refractivity contribution in [3.8, 4) is 5.75 Å². The van der Waals surface area contributed by atoms with E-state index in [4.69, 9.17) is 0 Å². The molecule has 1 aromatic rings. The van der Waals surface area contributed by atoms with Crippen LogP contribution in [0.4, 0.5) is 10.5 Å². The normalized spacial score (nSPS) is 23.6. The molecule has 0 spiro atoms. The molecule has 1 aromatic carbocycles. The maximum Gasteiger partial charge on any atom is 1.00 e. The van der Waals surface area contributed by atoms with Gasteiger partial charge in [0, 0.05) is 30.5 Å². The molecule has 10 nitrogen and oxygen atoms in total. The first-order chi connectivity index (χ1) is 13.3. The Bertz CT molecular complexity index is 934. The number of β-lactam (4-membered cyclic amide) rings is 1. The number of hydrogen-bond donors (Lipinski definition) is 2. The first-order valence-corrected chi connectivity index (χ1v) is 8.63. The number of phenolic OH excluding ortho intramolecular Hbond substituents is 1. The maximum atomic E-state index is 12.6. The molecule has 3 aliphatic rings. The molecule has 0 saturated carbocycles. The molecule has 1 unspecified atom stereocenters. The van der Waals surface area contributed by atoms with Crippen molar-refractivity contribution < 1.29 is 93.6 Å². The minimum atomic E-state index is -1.61. The monoisotopic (exact) mass is 431 g/mol. The molecule has 4 rings (SSSR count). The standard InChI is InChI=1S/C18H17N3O7.2Na/c22-9-3-1-8(2-4-9)19-18(28)20-6-5-10-11(7-12(23)24)14(17(26)27)21-13(10)15(20)16(21)25;;/h1-4,10,13,15,22H,5-7H2,(H,19,28)(H,23,24)(H,26,27);;/q;2*+1/p-2/t10?,13-,15+;;/m1../s1. The number of nitrogens with zero attached hydrogens (tertiary/aromatic N) is 2. The van der Waals surface area contributed by atoms with Gasteiger partial charge in [0.15, 0.2) is 0 Å². The SMILES string of the molecule is O=C([O-])CC1=C(C(=O)[O-])N2C(=O)[C@@H]3[C@H]2C1CCN3C(=O)Nc1ccc(O)cc1.[Na+].[Na+]. The van der Waals surface area contributed by atoms with Gasteiger partial charge >= 0.3 is 65.1 Å². The third-order valence-corrected chi connectivity index (χ3v) is 5.44. The number of aromatic hydroxyl groups is 1. The molecular formula is C18H15N3Na2O7. The number of carboxylic acids is 2. The summed E-state index contributed by atoms with van der Waals surface area (Å²) in [5.74, 6) is -4.06. The van der Waals surface area contributed by atoms with Crippen molar-refractivity contribution in [2.75, 3.05) is 11.9 Å². The molecule has 3 atom stereocenters. The molecule has 2 fully saturated rings. The fourth-order valence-electron chi connectivity index (χ4n) is 4.34. The summed E-state index contributed by atoms with van der Waals surface area (Å²) in [7, 11) is 0. The Balaban J connectivity index is 0.00000160. The first-order valence-electron chi connectivity index (χ1n) is 8.63. The molecule has 3 heterocycles. The van der Waals surface area contributed by atoms with Crippen LogP contribution >= 0.6 is 0 Å². The summed E-state index contributed by atoms with van der Waals surface area (Å²) in [6.45, 7) is 0.159. The number of hydrogen-bond acceptors (Lipinski definition) is 7. The van der Waals surface area contributed by atoms with E-state index < -0.39 is 54.0 Å². The number of benzene rings is 1. The zero-order chi connectivity index (χ0) is 20.2. The van der Waals surface area contributed by atoms with Gasteiger partial charge in [0.1, 0.15) is 11.8 Å². The van der Waals surface area contributed by atoms with E-state index in [1.54, 1.807) is 0 Å². The van der Waals surface area contributed by atoms with E-state index in [2.05, 4.69) is 5.32 Å². The fourth-order valence-corrected chi connectivity index (χ4v) is 4.34. The Kier molecular flexibility index (Phi) is 7.65. The molecule has 3 aliphatic heterocycles. The Morgan fingerprint density at radius 3 is 2.33 bits per heavy atom. The van der Waals surface area contributed by atoms with Crippen molar-refractivity contribution in [3.05, 3.63) is 35.5 Å². The van der Waals surface area contributed by atoms with E-state index in [1.807, 2.05) is 0 Å². The summed E-state index contributed by atoms with van der Waals surface area (Å²) in [4.78, 5) is 50.1. The molecule has 0 bridgehead atoms. The third kappa shape index (κ3) is 4.00. The van der Waals surface area contributed by atoms with Gasteiger partial charge in [-0.25, -0.2) is 4.79 Å². The number of phenols is 1. The van der Waals surface area contributed by atoms with Gasteiger partial charge in [-0.2, -0.15) is 0 Å². The zero-order valence-electron chi connectivity index (χ0n) is 16.5. The van der Waals surface area contributed by atoms with Crippen LogP contribution in [0.15, 0.2) is 35.5 Å². The third-order valence-electron chi connectivity index (χ3n) is 5.44. The van der Waals surface area contributed by atoms with Crippen LogP contribution in [0.25, 0.3) is 0 Å². The summed E-state index contributed by atoms with van der Waals surface area (Å²) in [6.07, 6.45) is -0.284. The van der Waals surface area contributed by atoms with Gasteiger partial charge in [0.25, 0.3) is 5.91 Å². The summed E-state index contributed by atoms with van der Waals surface area (Å²) >= 11 is 0. The van der Waals surface area contributed by atoms with Gasteiger partial charge in [-0.15, -0.1) is 0 Å². The molecular weight excluding hydrogens is 416 g/mol. The average Bonchev–Trinajstić information content (AvgIpc) is 2.95. The molecule has 0 aromatic heterocycles. The number of piperidine rings is 1. The van der Waals surface area contributed by atoms with Crippen molar-refractivity contribution in [1.82, 2.24) is 9.80 Å². The average molecular weight is 431 g/mol. The topological polar surface area (TPSA) is 153 Å². The molecule has 0 aliphatic carbocycles. The van der Waals surface area contributed by atoms with Crippen LogP contribution in [0.5, 0.6) is 5.75 Å². The number of carboxylic acid groups (broad SMARTS) is 2. The van der Waals surface area contributed by atoms with Crippen molar-refractivity contribution >= 4 is 29.6 Å². The summed E-state index contributed by atoms with van der Waals surface area (Å²) < 4.78 is 0. The van der Waals surface area contributed by atoms with E-state index in [0.29, 0.717) is 12.1 Å². The largest absolute Gasteiger partial charge is 1.00 e. The van der Waals surface area contributed by atoms with Gasteiger partial charge in [0.05, 0.1) is 17.7 Å². The van der Waals surface area contributed by atoms with Crippen LogP contribution < -0.4 is 74.6 Å². The van der Waals surface area contributed by atoms with Crippen LogP contribution in [0.2, 0.25) is 0 Å². The van der Waals surface area contributed by atoms with Crippen molar-refractivity contribution in [3.63, 3.8) is 0 Å². The minimum absolute atomic E-state index is 0. The Labute approximate surface area is 215 Å². The van der Waals surface area contributed by atoms with E-state index in [-0.39, 0.29) is 77.0 Å². The predicted octanol–water partition coefficient (Wildman–Crippen LogP) is -8.01. The van der Waals surface area contributed by atoms with Gasteiger partial charge in [0.2, 0.25) is 0 Å². The van der Waals surface area contributed by atoms with Crippen LogP contribution in [0.3, 0.4) is 0 Å². The summed E-state index contributed by atoms with van der Waals surface area (Å²) in [6, 6.07) is 3.77. The maximum absolute atomic E-state index is 12.6. The van der Waals surface area contributed by atoms with Gasteiger partial charge in [-0.1, -0.05) is 0 Å². The Morgan fingerprint density at radius 1 is 1.13 bits per heavy atom. The minimum Gasteiger partial charge on any atom is -0.550 e. The second-order valence-corrected chi connectivity index (χ2v) is 6.92. The molecule has 0 radical (unpaired) electrons. The first kappa shape index (κ1) is 24.7. The molecule has 2 saturated heterocycles. The number of likely N-dealkylation sites (tertiary alicyclic amines) is 1. The van der Waals surface area contributed by atoms with E-state index in [0.717, 1.165) is 4.90 Å². The summed E-state index contributed by atoms with van der Waals surface area (Å²) in [5.41, 5.74) is 0.117. The number of nitrogens with one attached hydrogen (secondary N) is 1. The number of carbonyl (C=O) groups excluding carboxylic acids is 4. The van der Waals surface area contributed by atoms with Gasteiger partial charge in [-0.05, 0) is 36.3 Å². The second-order valence-electron chi connectivity index (χ2n) is 6.92. The quantitative estimate of drug-likeness (QED) is 0.273. The second kappa shape index (κ2) is 9.29. The Hall–Kier alpha value is -1.56. The van der Waals surface area contributed by atoms with E-state index >= 15 is 0 Å². The smallest absolute Gasteiger partial charge is 0.550 e. The number of carbonyl (C=O) groups is 4.